The molecular weight excluding hydrogens is 330 g/mol. The maximum Gasteiger partial charge on any atom is 0.264 e. The molecule has 0 heterocycles. The Balaban J connectivity index is 1.82. The molecule has 0 saturated heterocycles. The Morgan fingerprint density at radius 3 is 2.54 bits per heavy atom. The second-order valence-electron chi connectivity index (χ2n) is 5.00. The zero-order valence-corrected chi connectivity index (χ0v) is 14.1. The first kappa shape index (κ1) is 18.0. The fourth-order valence-corrected chi connectivity index (χ4v) is 3.01. The first-order chi connectivity index (χ1) is 11.5. The third-order valence-corrected chi connectivity index (χ3v) is 4.56. The largest absolute Gasteiger partial charge is 0.497 e. The normalized spacial score (nSPS) is 11.0. The van der Waals surface area contributed by atoms with E-state index in [2.05, 4.69) is 0 Å². The van der Waals surface area contributed by atoms with Crippen LogP contribution in [-0.4, -0.2) is 28.0 Å². The lowest BCUT2D eigenvalue weighted by molar-refractivity contribution is -0.120. The summed E-state index contributed by atoms with van der Waals surface area (Å²) in [5, 5.41) is 0. The lowest BCUT2D eigenvalue weighted by Gasteiger charge is -2.08. The predicted molar refractivity (Wildman–Crippen MR) is 89.0 cm³/mol. The number of sulfonamides is 1. The summed E-state index contributed by atoms with van der Waals surface area (Å²) in [6.07, 6.45) is -0.0456. The van der Waals surface area contributed by atoms with E-state index in [1.807, 2.05) is 35.1 Å². The van der Waals surface area contributed by atoms with Gasteiger partial charge in [0.15, 0.2) is 0 Å². The topological polar surface area (TPSA) is 81.7 Å². The highest BCUT2D eigenvalue weighted by Gasteiger charge is 2.17. The van der Waals surface area contributed by atoms with Crippen LogP contribution in [0.25, 0.3) is 0 Å². The van der Waals surface area contributed by atoms with Crippen molar-refractivity contribution < 1.29 is 22.7 Å². The molecule has 0 aliphatic rings. The SMILES string of the molecule is COc1cccc(S(=O)(=O)NC(=O)CCOCc2ccccc2)c1. The third-order valence-electron chi connectivity index (χ3n) is 3.18. The fourth-order valence-electron chi connectivity index (χ4n) is 1.96. The molecule has 128 valence electrons. The van der Waals surface area contributed by atoms with Crippen LogP contribution in [0.3, 0.4) is 0 Å². The standard InChI is InChI=1S/C17H19NO5S/c1-22-15-8-5-9-16(12-15)24(20,21)18-17(19)10-11-23-13-14-6-3-2-4-7-14/h2-9,12H,10-11,13H2,1H3,(H,18,19). The Hall–Kier alpha value is -2.38. The molecule has 2 aromatic carbocycles. The van der Waals surface area contributed by atoms with Gasteiger partial charge in [0.25, 0.3) is 10.0 Å². The van der Waals surface area contributed by atoms with Crippen LogP contribution in [0.15, 0.2) is 59.5 Å². The van der Waals surface area contributed by atoms with E-state index in [0.717, 1.165) is 5.56 Å². The van der Waals surface area contributed by atoms with Crippen molar-refractivity contribution in [2.45, 2.75) is 17.9 Å². The van der Waals surface area contributed by atoms with E-state index < -0.39 is 15.9 Å². The zero-order valence-electron chi connectivity index (χ0n) is 13.3. The van der Waals surface area contributed by atoms with E-state index in [1.165, 1.54) is 19.2 Å². The molecule has 0 aliphatic carbocycles. The number of hydrogen-bond acceptors (Lipinski definition) is 5. The smallest absolute Gasteiger partial charge is 0.264 e. The van der Waals surface area contributed by atoms with Crippen molar-refractivity contribution in [1.29, 1.82) is 0 Å². The minimum atomic E-state index is -3.92. The number of amides is 1. The molecule has 0 fully saturated rings. The van der Waals surface area contributed by atoms with Crippen LogP contribution < -0.4 is 9.46 Å². The highest BCUT2D eigenvalue weighted by molar-refractivity contribution is 7.90. The van der Waals surface area contributed by atoms with Crippen molar-refractivity contribution in [3.63, 3.8) is 0 Å². The Morgan fingerprint density at radius 1 is 1.08 bits per heavy atom. The minimum Gasteiger partial charge on any atom is -0.497 e. The van der Waals surface area contributed by atoms with Crippen molar-refractivity contribution in [3.8, 4) is 5.75 Å². The molecule has 1 amide bonds. The van der Waals surface area contributed by atoms with E-state index in [9.17, 15) is 13.2 Å². The van der Waals surface area contributed by atoms with E-state index in [4.69, 9.17) is 9.47 Å². The molecule has 2 aromatic rings. The molecule has 0 atom stereocenters. The van der Waals surface area contributed by atoms with Gasteiger partial charge in [-0.15, -0.1) is 0 Å². The number of rotatable bonds is 8. The molecule has 0 bridgehead atoms. The van der Waals surface area contributed by atoms with Gasteiger partial charge in [0.2, 0.25) is 5.91 Å². The van der Waals surface area contributed by atoms with Gasteiger partial charge in [0.1, 0.15) is 5.75 Å². The quantitative estimate of drug-likeness (QED) is 0.738. The van der Waals surface area contributed by atoms with E-state index >= 15 is 0 Å². The van der Waals surface area contributed by atoms with Crippen LogP contribution in [0.2, 0.25) is 0 Å². The monoisotopic (exact) mass is 349 g/mol. The summed E-state index contributed by atoms with van der Waals surface area (Å²) in [4.78, 5) is 11.8. The van der Waals surface area contributed by atoms with Gasteiger partial charge >= 0.3 is 0 Å². The summed E-state index contributed by atoms with van der Waals surface area (Å²) in [6, 6.07) is 15.4. The number of benzene rings is 2. The Morgan fingerprint density at radius 2 is 1.83 bits per heavy atom. The maximum absolute atomic E-state index is 12.1. The molecule has 1 N–H and O–H groups in total. The average Bonchev–Trinajstić information content (AvgIpc) is 2.59. The average molecular weight is 349 g/mol. The Kier molecular flexibility index (Phi) is 6.34. The lowest BCUT2D eigenvalue weighted by Crippen LogP contribution is -2.31. The maximum atomic E-state index is 12.1. The van der Waals surface area contributed by atoms with Crippen LogP contribution in [0.5, 0.6) is 5.75 Å². The summed E-state index contributed by atoms with van der Waals surface area (Å²) in [6.45, 7) is 0.505. The van der Waals surface area contributed by atoms with Crippen LogP contribution in [0.4, 0.5) is 0 Å². The number of carbonyl (C=O) groups excluding carboxylic acids is 1. The molecule has 0 saturated carbocycles. The summed E-state index contributed by atoms with van der Waals surface area (Å²) >= 11 is 0. The second-order valence-corrected chi connectivity index (χ2v) is 6.68. The zero-order chi connectivity index (χ0) is 17.4. The molecule has 0 spiro atoms. The lowest BCUT2D eigenvalue weighted by atomic mass is 10.2. The molecule has 24 heavy (non-hydrogen) atoms. The number of ether oxygens (including phenoxy) is 2. The molecule has 0 unspecified atom stereocenters. The molecule has 6 nitrogen and oxygen atoms in total. The Labute approximate surface area is 141 Å². The number of nitrogens with one attached hydrogen (secondary N) is 1. The van der Waals surface area contributed by atoms with Crippen molar-refractivity contribution >= 4 is 15.9 Å². The van der Waals surface area contributed by atoms with Crippen LogP contribution in [0.1, 0.15) is 12.0 Å². The summed E-state index contributed by atoms with van der Waals surface area (Å²) in [7, 11) is -2.48. The van der Waals surface area contributed by atoms with Gasteiger partial charge < -0.3 is 9.47 Å². The van der Waals surface area contributed by atoms with Gasteiger partial charge in [0, 0.05) is 6.07 Å². The summed E-state index contributed by atoms with van der Waals surface area (Å²) in [5.41, 5.74) is 0.988. The highest BCUT2D eigenvalue weighted by atomic mass is 32.2. The third kappa shape index (κ3) is 5.36. The number of carbonyl (C=O) groups is 1. The van der Waals surface area contributed by atoms with Crippen LogP contribution in [0, 0.1) is 0 Å². The van der Waals surface area contributed by atoms with Crippen LogP contribution >= 0.6 is 0 Å². The molecule has 0 radical (unpaired) electrons. The molecule has 0 aliphatic heterocycles. The fraction of sp³-hybridized carbons (Fsp3) is 0.235. The van der Waals surface area contributed by atoms with Gasteiger partial charge in [-0.1, -0.05) is 36.4 Å². The van der Waals surface area contributed by atoms with E-state index in [1.54, 1.807) is 12.1 Å². The van der Waals surface area contributed by atoms with Gasteiger partial charge in [-0.3, -0.25) is 4.79 Å². The van der Waals surface area contributed by atoms with Crippen molar-refractivity contribution in [2.24, 2.45) is 0 Å². The minimum absolute atomic E-state index is 0.0274. The van der Waals surface area contributed by atoms with Gasteiger partial charge in [-0.25, -0.2) is 13.1 Å². The first-order valence-electron chi connectivity index (χ1n) is 7.32. The summed E-state index contributed by atoms with van der Waals surface area (Å²) < 4.78 is 36.6. The molecular formula is C17H19NO5S. The molecule has 7 heteroatoms. The van der Waals surface area contributed by atoms with Gasteiger partial charge in [0.05, 0.1) is 31.6 Å². The molecule has 2 rings (SSSR count). The summed E-state index contributed by atoms with van der Waals surface area (Å²) in [5.74, 6) is -0.220. The van der Waals surface area contributed by atoms with Crippen molar-refractivity contribution in [1.82, 2.24) is 4.72 Å². The highest BCUT2D eigenvalue weighted by Crippen LogP contribution is 2.16. The van der Waals surface area contributed by atoms with Gasteiger partial charge in [-0.2, -0.15) is 0 Å². The Bertz CT molecular complexity index is 775. The number of hydrogen-bond donors (Lipinski definition) is 1. The van der Waals surface area contributed by atoms with Crippen LogP contribution in [-0.2, 0) is 26.2 Å². The predicted octanol–water partition coefficient (Wildman–Crippen LogP) is 2.11. The van der Waals surface area contributed by atoms with E-state index in [-0.39, 0.29) is 17.9 Å². The van der Waals surface area contributed by atoms with Gasteiger partial charge in [-0.05, 0) is 17.7 Å². The number of methoxy groups -OCH3 is 1. The van der Waals surface area contributed by atoms with Crippen molar-refractivity contribution in [2.75, 3.05) is 13.7 Å². The van der Waals surface area contributed by atoms with Crippen molar-refractivity contribution in [3.05, 3.63) is 60.2 Å². The second kappa shape index (κ2) is 8.47. The van der Waals surface area contributed by atoms with E-state index in [0.29, 0.717) is 12.4 Å². The molecule has 0 aromatic heterocycles. The first-order valence-corrected chi connectivity index (χ1v) is 8.81.